The Bertz CT molecular complexity index is 337. The average molecular weight is 253 g/mol. The maximum Gasteiger partial charge on any atom is 0.406 e. The Balaban J connectivity index is 2.74. The Morgan fingerprint density at radius 1 is 1.50 bits per heavy atom. The molecule has 0 aliphatic heterocycles. The van der Waals surface area contributed by atoms with Crippen molar-refractivity contribution in [2.24, 2.45) is 0 Å². The quantitative estimate of drug-likeness (QED) is 0.888. The number of hydrogen-bond acceptors (Lipinski definition) is 3. The maximum atomic E-state index is 12.2. The van der Waals surface area contributed by atoms with Gasteiger partial charge in [-0.3, -0.25) is 4.79 Å². The molecule has 0 saturated carbocycles. The monoisotopic (exact) mass is 253 g/mol. The molecule has 1 N–H and O–H groups in total. The summed E-state index contributed by atoms with van der Waals surface area (Å²) in [4.78, 5) is 12.2. The third-order valence-corrected chi connectivity index (χ3v) is 2.48. The molecule has 3 nitrogen and oxygen atoms in total. The molecule has 1 rings (SSSR count). The second-order valence-corrected chi connectivity index (χ2v) is 3.86. The van der Waals surface area contributed by atoms with Gasteiger partial charge in [0.1, 0.15) is 6.54 Å². The van der Waals surface area contributed by atoms with Crippen LogP contribution in [0, 0.1) is 0 Å². The molecule has 0 radical (unpaired) electrons. The van der Waals surface area contributed by atoms with Crippen molar-refractivity contribution in [3.8, 4) is 0 Å². The van der Waals surface area contributed by atoms with Crippen LogP contribution in [-0.2, 0) is 0 Å². The molecule has 16 heavy (non-hydrogen) atoms. The van der Waals surface area contributed by atoms with E-state index in [2.05, 4.69) is 0 Å². The Labute approximate surface area is 94.1 Å². The van der Waals surface area contributed by atoms with E-state index >= 15 is 0 Å². The van der Waals surface area contributed by atoms with Gasteiger partial charge in [0.25, 0.3) is 5.91 Å². The second-order valence-electron chi connectivity index (χ2n) is 3.08. The number of rotatable bonds is 4. The third kappa shape index (κ3) is 3.82. The van der Waals surface area contributed by atoms with Crippen LogP contribution in [0.1, 0.15) is 10.4 Å². The molecule has 7 heteroatoms. The molecule has 1 amide bonds. The highest BCUT2D eigenvalue weighted by molar-refractivity contribution is 7.08. The molecule has 0 saturated heterocycles. The highest BCUT2D eigenvalue weighted by Gasteiger charge is 2.33. The van der Waals surface area contributed by atoms with Gasteiger partial charge >= 0.3 is 6.18 Å². The number of nitrogens with zero attached hydrogens (tertiary/aromatic N) is 1. The molecule has 0 atom stereocenters. The van der Waals surface area contributed by atoms with Crippen molar-refractivity contribution in [1.82, 2.24) is 4.90 Å². The smallest absolute Gasteiger partial charge is 0.395 e. The Hall–Kier alpha value is -1.08. The Morgan fingerprint density at radius 3 is 2.62 bits per heavy atom. The van der Waals surface area contributed by atoms with E-state index < -0.39 is 25.2 Å². The van der Waals surface area contributed by atoms with Crippen molar-refractivity contribution in [3.63, 3.8) is 0 Å². The summed E-state index contributed by atoms with van der Waals surface area (Å²) in [6, 6.07) is 1.45. The lowest BCUT2D eigenvalue weighted by Crippen LogP contribution is -2.40. The van der Waals surface area contributed by atoms with Crippen LogP contribution in [0.5, 0.6) is 0 Å². The fourth-order valence-electron chi connectivity index (χ4n) is 1.16. The summed E-state index contributed by atoms with van der Waals surface area (Å²) in [6.07, 6.45) is -4.46. The number of aliphatic hydroxyl groups excluding tert-OH is 1. The van der Waals surface area contributed by atoms with E-state index in [1.165, 1.54) is 22.8 Å². The van der Waals surface area contributed by atoms with Crippen LogP contribution in [-0.4, -0.2) is 41.8 Å². The predicted molar refractivity (Wildman–Crippen MR) is 53.4 cm³/mol. The molecule has 0 aliphatic rings. The van der Waals surface area contributed by atoms with Gasteiger partial charge in [-0.2, -0.15) is 24.5 Å². The molecular formula is C9H10F3NO2S. The molecule has 0 aliphatic carbocycles. The SMILES string of the molecule is O=C(c1ccsc1)N(CCO)CC(F)(F)F. The zero-order chi connectivity index (χ0) is 12.2. The molecule has 1 aromatic rings. The van der Waals surface area contributed by atoms with Crippen molar-refractivity contribution < 1.29 is 23.1 Å². The molecule has 0 aromatic carbocycles. The van der Waals surface area contributed by atoms with Crippen molar-refractivity contribution in [3.05, 3.63) is 22.4 Å². The molecule has 0 fully saturated rings. The first-order valence-electron chi connectivity index (χ1n) is 4.43. The lowest BCUT2D eigenvalue weighted by atomic mass is 10.3. The van der Waals surface area contributed by atoms with Gasteiger partial charge in [-0.05, 0) is 11.4 Å². The van der Waals surface area contributed by atoms with E-state index in [9.17, 15) is 18.0 Å². The number of alkyl halides is 3. The second kappa shape index (κ2) is 5.31. The van der Waals surface area contributed by atoms with Gasteiger partial charge in [0, 0.05) is 11.9 Å². The number of amides is 1. The van der Waals surface area contributed by atoms with E-state index in [1.807, 2.05) is 0 Å². The van der Waals surface area contributed by atoms with Gasteiger partial charge in [0.05, 0.1) is 12.2 Å². The minimum Gasteiger partial charge on any atom is -0.395 e. The normalized spacial score (nSPS) is 11.5. The summed E-state index contributed by atoms with van der Waals surface area (Å²) in [5.74, 6) is -0.715. The van der Waals surface area contributed by atoms with Crippen LogP contribution in [0.2, 0.25) is 0 Å². The summed E-state index contributed by atoms with van der Waals surface area (Å²) >= 11 is 1.23. The lowest BCUT2D eigenvalue weighted by Gasteiger charge is -2.22. The summed E-state index contributed by atoms with van der Waals surface area (Å²) in [7, 11) is 0. The highest BCUT2D eigenvalue weighted by atomic mass is 32.1. The number of carbonyl (C=O) groups is 1. The number of carbonyl (C=O) groups excluding carboxylic acids is 1. The first-order chi connectivity index (χ1) is 7.44. The van der Waals surface area contributed by atoms with E-state index in [4.69, 9.17) is 5.11 Å². The van der Waals surface area contributed by atoms with Crippen molar-refractivity contribution >= 4 is 17.2 Å². The Morgan fingerprint density at radius 2 is 2.19 bits per heavy atom. The van der Waals surface area contributed by atoms with Crippen molar-refractivity contribution in [1.29, 1.82) is 0 Å². The maximum absolute atomic E-state index is 12.2. The van der Waals surface area contributed by atoms with E-state index in [0.717, 1.165) is 0 Å². The highest BCUT2D eigenvalue weighted by Crippen LogP contribution is 2.18. The van der Waals surface area contributed by atoms with Crippen molar-refractivity contribution in [2.45, 2.75) is 6.18 Å². The number of halogens is 3. The number of hydrogen-bond donors (Lipinski definition) is 1. The van der Waals surface area contributed by atoms with Gasteiger partial charge in [0.15, 0.2) is 0 Å². The molecule has 0 unspecified atom stereocenters. The topological polar surface area (TPSA) is 40.5 Å². The van der Waals surface area contributed by atoms with E-state index in [0.29, 0.717) is 4.90 Å². The molecule has 90 valence electrons. The van der Waals surface area contributed by atoms with Crippen LogP contribution in [0.15, 0.2) is 16.8 Å². The first-order valence-corrected chi connectivity index (χ1v) is 5.37. The largest absolute Gasteiger partial charge is 0.406 e. The zero-order valence-electron chi connectivity index (χ0n) is 8.20. The fourth-order valence-corrected chi connectivity index (χ4v) is 1.79. The summed E-state index contributed by atoms with van der Waals surface area (Å²) in [5, 5.41) is 11.7. The third-order valence-electron chi connectivity index (χ3n) is 1.80. The fraction of sp³-hybridized carbons (Fsp3) is 0.444. The van der Waals surface area contributed by atoms with Crippen LogP contribution in [0.4, 0.5) is 13.2 Å². The van der Waals surface area contributed by atoms with E-state index in [1.54, 1.807) is 5.38 Å². The van der Waals surface area contributed by atoms with Gasteiger partial charge in [-0.25, -0.2) is 0 Å². The summed E-state index contributed by atoms with van der Waals surface area (Å²) < 4.78 is 36.5. The summed E-state index contributed by atoms with van der Waals surface area (Å²) in [5.41, 5.74) is 0.211. The molecule has 1 heterocycles. The molecule has 0 spiro atoms. The van der Waals surface area contributed by atoms with Crippen molar-refractivity contribution in [2.75, 3.05) is 19.7 Å². The van der Waals surface area contributed by atoms with Crippen LogP contribution >= 0.6 is 11.3 Å². The Kier molecular flexibility index (Phi) is 4.31. The van der Waals surface area contributed by atoms with Gasteiger partial charge in [-0.1, -0.05) is 0 Å². The van der Waals surface area contributed by atoms with Gasteiger partial charge < -0.3 is 10.0 Å². The van der Waals surface area contributed by atoms with Gasteiger partial charge in [0.2, 0.25) is 0 Å². The van der Waals surface area contributed by atoms with Crippen LogP contribution in [0.25, 0.3) is 0 Å². The minimum atomic E-state index is -4.46. The average Bonchev–Trinajstić information content (AvgIpc) is 2.66. The van der Waals surface area contributed by atoms with Crippen LogP contribution in [0.3, 0.4) is 0 Å². The lowest BCUT2D eigenvalue weighted by molar-refractivity contribution is -0.141. The predicted octanol–water partition coefficient (Wildman–Crippen LogP) is 1.74. The number of aliphatic hydroxyl groups is 1. The van der Waals surface area contributed by atoms with Crippen LogP contribution < -0.4 is 0 Å². The molecule has 0 bridgehead atoms. The molecule has 1 aromatic heterocycles. The standard InChI is InChI=1S/C9H10F3NO2S/c10-9(11,12)6-13(2-3-14)8(15)7-1-4-16-5-7/h1,4-5,14H,2-3,6H2. The first kappa shape index (κ1) is 13.0. The zero-order valence-corrected chi connectivity index (χ0v) is 9.01. The van der Waals surface area contributed by atoms with Gasteiger partial charge in [-0.15, -0.1) is 0 Å². The minimum absolute atomic E-state index is 0.211. The number of thiophene rings is 1. The molecular weight excluding hydrogens is 243 g/mol. The van der Waals surface area contributed by atoms with E-state index in [-0.39, 0.29) is 12.1 Å². The summed E-state index contributed by atoms with van der Waals surface area (Å²) in [6.45, 7) is -2.16.